The molecule has 0 aliphatic carbocycles. The monoisotopic (exact) mass is 496 g/mol. The molecule has 0 spiro atoms. The fourth-order valence-electron chi connectivity index (χ4n) is 4.06. The fraction of sp³-hybridized carbons (Fsp3) is 0.423. The number of thioether (sulfide) groups is 1. The molecule has 0 saturated heterocycles. The van der Waals surface area contributed by atoms with Gasteiger partial charge in [-0.2, -0.15) is 0 Å². The maximum absolute atomic E-state index is 13.0. The summed E-state index contributed by atoms with van der Waals surface area (Å²) in [5.41, 5.74) is 1.87. The van der Waals surface area contributed by atoms with E-state index in [9.17, 15) is 4.79 Å². The van der Waals surface area contributed by atoms with E-state index in [1.807, 2.05) is 54.0 Å². The highest BCUT2D eigenvalue weighted by Gasteiger charge is 2.22. The summed E-state index contributed by atoms with van der Waals surface area (Å²) in [7, 11) is 1.64. The van der Waals surface area contributed by atoms with E-state index in [0.717, 1.165) is 40.6 Å². The van der Waals surface area contributed by atoms with E-state index in [1.165, 1.54) is 11.8 Å². The van der Waals surface area contributed by atoms with Crippen molar-refractivity contribution in [2.45, 2.75) is 44.9 Å². The van der Waals surface area contributed by atoms with E-state index in [1.54, 1.807) is 7.11 Å². The van der Waals surface area contributed by atoms with Crippen molar-refractivity contribution in [2.24, 2.45) is 5.92 Å². The second-order valence-corrected chi connectivity index (χ2v) is 9.53. The van der Waals surface area contributed by atoms with Gasteiger partial charge in [-0.1, -0.05) is 43.8 Å². The van der Waals surface area contributed by atoms with Crippen LogP contribution in [0.2, 0.25) is 0 Å². The van der Waals surface area contributed by atoms with Crippen LogP contribution in [0.15, 0.2) is 47.6 Å². The van der Waals surface area contributed by atoms with Crippen LogP contribution in [-0.2, 0) is 11.3 Å². The Morgan fingerprint density at radius 2 is 1.91 bits per heavy atom. The molecule has 0 fully saturated rings. The Hall–Kier alpha value is -3.20. The Morgan fingerprint density at radius 3 is 2.66 bits per heavy atom. The first-order chi connectivity index (χ1) is 17.0. The number of carbonyl (C=O) groups is 1. The molecule has 1 aliphatic heterocycles. The van der Waals surface area contributed by atoms with Gasteiger partial charge in [0.15, 0.2) is 22.5 Å². The van der Waals surface area contributed by atoms with Crippen LogP contribution < -0.4 is 19.5 Å². The zero-order valence-electron chi connectivity index (χ0n) is 20.6. The third-order valence-electron chi connectivity index (χ3n) is 5.83. The number of amides is 1. The van der Waals surface area contributed by atoms with Gasteiger partial charge in [0.25, 0.3) is 0 Å². The van der Waals surface area contributed by atoms with Crippen LogP contribution in [0.1, 0.15) is 38.8 Å². The van der Waals surface area contributed by atoms with Gasteiger partial charge in [0.2, 0.25) is 5.91 Å². The van der Waals surface area contributed by atoms with Gasteiger partial charge in [-0.3, -0.25) is 4.79 Å². The molecular weight excluding hydrogens is 464 g/mol. The number of fused-ring (bicyclic) bond motifs is 1. The Morgan fingerprint density at radius 1 is 1.14 bits per heavy atom. The van der Waals surface area contributed by atoms with Crippen LogP contribution in [0.3, 0.4) is 0 Å². The molecule has 1 atom stereocenters. The van der Waals surface area contributed by atoms with Gasteiger partial charge in [-0.25, -0.2) is 0 Å². The van der Waals surface area contributed by atoms with Crippen LogP contribution in [0.4, 0.5) is 0 Å². The summed E-state index contributed by atoms with van der Waals surface area (Å²) < 4.78 is 19.1. The van der Waals surface area contributed by atoms with Gasteiger partial charge in [-0.05, 0) is 42.7 Å². The van der Waals surface area contributed by atoms with Crippen LogP contribution in [0, 0.1) is 5.92 Å². The lowest BCUT2D eigenvalue weighted by atomic mass is 9.95. The molecule has 3 aromatic rings. The first kappa shape index (κ1) is 24.9. The van der Waals surface area contributed by atoms with E-state index >= 15 is 0 Å². The molecule has 0 bridgehead atoms. The van der Waals surface area contributed by atoms with E-state index < -0.39 is 0 Å². The molecule has 1 unspecified atom stereocenters. The van der Waals surface area contributed by atoms with Crippen molar-refractivity contribution in [2.75, 3.05) is 26.1 Å². The Labute approximate surface area is 210 Å². The van der Waals surface area contributed by atoms with Crippen molar-refractivity contribution in [1.82, 2.24) is 20.1 Å². The number of ether oxygens (including phenoxy) is 3. The number of nitrogens with one attached hydrogen (secondary N) is 1. The number of nitrogens with zero attached hydrogens (tertiary/aromatic N) is 3. The van der Waals surface area contributed by atoms with Gasteiger partial charge in [-0.15, -0.1) is 10.2 Å². The van der Waals surface area contributed by atoms with Crippen molar-refractivity contribution >= 4 is 17.7 Å². The molecule has 186 valence electrons. The smallest absolute Gasteiger partial charge is 0.230 e. The molecule has 4 rings (SSSR count). The molecule has 8 nitrogen and oxygen atoms in total. The number of benzene rings is 2. The van der Waals surface area contributed by atoms with Crippen LogP contribution in [0.5, 0.6) is 17.2 Å². The van der Waals surface area contributed by atoms with E-state index in [0.29, 0.717) is 24.9 Å². The summed E-state index contributed by atoms with van der Waals surface area (Å²) in [5, 5.41) is 12.6. The number of hydrogen-bond donors (Lipinski definition) is 1. The molecule has 35 heavy (non-hydrogen) atoms. The summed E-state index contributed by atoms with van der Waals surface area (Å²) in [4.78, 5) is 13.0. The lowest BCUT2D eigenvalue weighted by Gasteiger charge is -2.24. The minimum atomic E-state index is -0.145. The van der Waals surface area contributed by atoms with Crippen LogP contribution >= 0.6 is 11.8 Å². The molecule has 9 heteroatoms. The zero-order chi connectivity index (χ0) is 24.8. The van der Waals surface area contributed by atoms with Crippen LogP contribution in [0.25, 0.3) is 11.4 Å². The van der Waals surface area contributed by atoms with Gasteiger partial charge in [0, 0.05) is 13.0 Å². The van der Waals surface area contributed by atoms with Crippen molar-refractivity contribution in [3.63, 3.8) is 0 Å². The van der Waals surface area contributed by atoms with Gasteiger partial charge in [0.05, 0.1) is 37.7 Å². The largest absolute Gasteiger partial charge is 0.496 e. The number of methoxy groups -OCH3 is 1. The molecule has 2 aromatic carbocycles. The second kappa shape index (κ2) is 11.5. The molecule has 2 heterocycles. The third-order valence-corrected chi connectivity index (χ3v) is 6.79. The van der Waals surface area contributed by atoms with Gasteiger partial charge < -0.3 is 24.1 Å². The maximum atomic E-state index is 13.0. The van der Waals surface area contributed by atoms with E-state index in [4.69, 9.17) is 14.2 Å². The van der Waals surface area contributed by atoms with Crippen molar-refractivity contribution in [3.05, 3.63) is 48.0 Å². The van der Waals surface area contributed by atoms with Gasteiger partial charge in [0.1, 0.15) is 5.75 Å². The first-order valence-corrected chi connectivity index (χ1v) is 12.9. The normalized spacial score (nSPS) is 13.9. The SMILES string of the molecule is CCn1c(SCC(=O)NC(c2ccc3c(c2)OCCCO3)C(C)C)nnc1-c1ccccc1OC. The maximum Gasteiger partial charge on any atom is 0.230 e. The minimum absolute atomic E-state index is 0.0645. The summed E-state index contributed by atoms with van der Waals surface area (Å²) in [5.74, 6) is 3.31. The average Bonchev–Trinajstić information content (AvgIpc) is 3.13. The number of hydrogen-bond acceptors (Lipinski definition) is 7. The molecule has 0 radical (unpaired) electrons. The molecule has 1 amide bonds. The van der Waals surface area contributed by atoms with Crippen molar-refractivity contribution in [1.29, 1.82) is 0 Å². The lowest BCUT2D eigenvalue weighted by molar-refractivity contribution is -0.119. The summed E-state index contributed by atoms with van der Waals surface area (Å²) >= 11 is 1.37. The molecule has 0 saturated carbocycles. The number of carbonyl (C=O) groups excluding carboxylic acids is 1. The van der Waals surface area contributed by atoms with Crippen molar-refractivity contribution < 1.29 is 19.0 Å². The summed E-state index contributed by atoms with van der Waals surface area (Å²) in [6, 6.07) is 13.5. The highest BCUT2D eigenvalue weighted by molar-refractivity contribution is 7.99. The molecular formula is C26H32N4O4S. The first-order valence-electron chi connectivity index (χ1n) is 11.9. The predicted molar refractivity (Wildman–Crippen MR) is 136 cm³/mol. The number of rotatable bonds is 9. The van der Waals surface area contributed by atoms with E-state index in [2.05, 4.69) is 29.4 Å². The highest BCUT2D eigenvalue weighted by Crippen LogP contribution is 2.34. The quantitative estimate of drug-likeness (QED) is 0.428. The highest BCUT2D eigenvalue weighted by atomic mass is 32.2. The lowest BCUT2D eigenvalue weighted by Crippen LogP contribution is -2.33. The second-order valence-electron chi connectivity index (χ2n) is 8.59. The Bertz CT molecular complexity index is 1160. The molecule has 1 N–H and O–H groups in total. The third kappa shape index (κ3) is 5.73. The number of aromatic nitrogens is 3. The number of para-hydroxylation sites is 1. The minimum Gasteiger partial charge on any atom is -0.496 e. The van der Waals surface area contributed by atoms with E-state index in [-0.39, 0.29) is 23.6 Å². The van der Waals surface area contributed by atoms with Gasteiger partial charge >= 0.3 is 0 Å². The topological polar surface area (TPSA) is 87.5 Å². The Kier molecular flexibility index (Phi) is 8.17. The molecule has 1 aromatic heterocycles. The fourth-order valence-corrected chi connectivity index (χ4v) is 4.88. The van der Waals surface area contributed by atoms with Crippen molar-refractivity contribution in [3.8, 4) is 28.6 Å². The summed E-state index contributed by atoms with van der Waals surface area (Å²) in [6.07, 6.45) is 0.854. The average molecular weight is 497 g/mol. The Balaban J connectivity index is 1.45. The zero-order valence-corrected chi connectivity index (χ0v) is 21.4. The molecule has 1 aliphatic rings. The standard InChI is InChI=1S/C26H32N4O4S/c1-5-30-25(19-9-6-7-10-20(19)32-4)28-29-26(30)35-16-23(31)27-24(17(2)3)18-11-12-21-22(15-18)34-14-8-13-33-21/h6-7,9-12,15,17,24H,5,8,13-14,16H2,1-4H3,(H,27,31). The summed E-state index contributed by atoms with van der Waals surface area (Å²) in [6.45, 7) is 8.17. The predicted octanol–water partition coefficient (Wildman–Crippen LogP) is 4.74. The van der Waals surface area contributed by atoms with Crippen LogP contribution in [-0.4, -0.2) is 46.7 Å².